The van der Waals surface area contributed by atoms with Crippen LogP contribution in [0.2, 0.25) is 0 Å². The van der Waals surface area contributed by atoms with Crippen LogP contribution in [0, 0.1) is 0 Å². The highest BCUT2D eigenvalue weighted by atomic mass is 16.5. The van der Waals surface area contributed by atoms with Gasteiger partial charge in [-0.25, -0.2) is 0 Å². The van der Waals surface area contributed by atoms with Gasteiger partial charge in [0.1, 0.15) is 5.52 Å². The summed E-state index contributed by atoms with van der Waals surface area (Å²) in [4.78, 5) is 4.36. The molecule has 0 saturated carbocycles. The van der Waals surface area contributed by atoms with Gasteiger partial charge in [0.2, 0.25) is 0 Å². The number of nitrogens with zero attached hydrogens (tertiary/aromatic N) is 1. The predicted octanol–water partition coefficient (Wildman–Crippen LogP) is 2.00. The van der Waals surface area contributed by atoms with Gasteiger partial charge in [0.05, 0.1) is 12.1 Å². The first-order chi connectivity index (χ1) is 8.22. The first-order valence-corrected chi connectivity index (χ1v) is 5.76. The molecular formula is C12H15N3O2. The van der Waals surface area contributed by atoms with Gasteiger partial charge < -0.3 is 20.2 Å². The molecule has 0 bridgehead atoms. The minimum Gasteiger partial charge on any atom is -0.423 e. The zero-order valence-corrected chi connectivity index (χ0v) is 9.64. The van der Waals surface area contributed by atoms with E-state index in [4.69, 9.17) is 14.9 Å². The van der Waals surface area contributed by atoms with Gasteiger partial charge >= 0.3 is 0 Å². The van der Waals surface area contributed by atoms with Crippen LogP contribution in [0.15, 0.2) is 22.6 Å². The molecule has 0 spiro atoms. The van der Waals surface area contributed by atoms with Gasteiger partial charge in [-0.1, -0.05) is 0 Å². The Hall–Kier alpha value is -1.75. The lowest BCUT2D eigenvalue weighted by Crippen LogP contribution is -2.26. The Morgan fingerprint density at radius 3 is 3.12 bits per heavy atom. The largest absolute Gasteiger partial charge is 0.423 e. The number of aromatic nitrogens is 1. The number of nitrogens with one attached hydrogen (secondary N) is 1. The van der Waals surface area contributed by atoms with Crippen molar-refractivity contribution < 1.29 is 9.15 Å². The molecule has 0 aliphatic carbocycles. The minimum absolute atomic E-state index is 0.190. The molecule has 1 aliphatic heterocycles. The molecule has 1 saturated heterocycles. The van der Waals surface area contributed by atoms with Gasteiger partial charge in [-0.05, 0) is 25.5 Å². The lowest BCUT2D eigenvalue weighted by Gasteiger charge is -2.13. The second-order valence-electron chi connectivity index (χ2n) is 4.36. The minimum atomic E-state index is 0.190. The van der Waals surface area contributed by atoms with Gasteiger partial charge in [-0.15, -0.1) is 0 Å². The lowest BCUT2D eigenvalue weighted by molar-refractivity contribution is 0.121. The van der Waals surface area contributed by atoms with Crippen LogP contribution < -0.4 is 11.1 Å². The summed E-state index contributed by atoms with van der Waals surface area (Å²) in [5.74, 6) is 0. The van der Waals surface area contributed by atoms with E-state index < -0.39 is 0 Å². The fraction of sp³-hybridized carbons (Fsp3) is 0.417. The quantitative estimate of drug-likeness (QED) is 0.776. The number of anilines is 2. The van der Waals surface area contributed by atoms with Crippen LogP contribution in [0.1, 0.15) is 13.3 Å². The number of hydrogen-bond donors (Lipinski definition) is 2. The Kier molecular flexibility index (Phi) is 2.40. The number of ether oxygens (including phenoxy) is 1. The summed E-state index contributed by atoms with van der Waals surface area (Å²) >= 11 is 0. The van der Waals surface area contributed by atoms with Gasteiger partial charge in [0, 0.05) is 18.4 Å². The molecule has 5 nitrogen and oxygen atoms in total. The Morgan fingerprint density at radius 2 is 2.35 bits per heavy atom. The van der Waals surface area contributed by atoms with E-state index in [9.17, 15) is 0 Å². The SMILES string of the molecule is CC1OCCC1Nc1nc2ccc(N)cc2o1. The monoisotopic (exact) mass is 233 g/mol. The highest BCUT2D eigenvalue weighted by Gasteiger charge is 2.25. The maximum absolute atomic E-state index is 5.69. The van der Waals surface area contributed by atoms with Crippen molar-refractivity contribution in [3.05, 3.63) is 18.2 Å². The van der Waals surface area contributed by atoms with Crippen molar-refractivity contribution in [2.45, 2.75) is 25.5 Å². The van der Waals surface area contributed by atoms with E-state index in [0.29, 0.717) is 17.3 Å². The third-order valence-corrected chi connectivity index (χ3v) is 3.10. The molecule has 1 aromatic carbocycles. The second kappa shape index (κ2) is 3.92. The van der Waals surface area contributed by atoms with E-state index in [1.807, 2.05) is 19.1 Å². The molecule has 0 radical (unpaired) electrons. The predicted molar refractivity (Wildman–Crippen MR) is 65.9 cm³/mol. The fourth-order valence-corrected chi connectivity index (χ4v) is 2.08. The number of oxazole rings is 1. The number of rotatable bonds is 2. The van der Waals surface area contributed by atoms with E-state index in [2.05, 4.69) is 10.3 Å². The number of fused-ring (bicyclic) bond motifs is 1. The van der Waals surface area contributed by atoms with Crippen molar-refractivity contribution in [2.24, 2.45) is 0 Å². The van der Waals surface area contributed by atoms with E-state index in [-0.39, 0.29) is 12.1 Å². The fourth-order valence-electron chi connectivity index (χ4n) is 2.08. The summed E-state index contributed by atoms with van der Waals surface area (Å²) < 4.78 is 11.1. The van der Waals surface area contributed by atoms with E-state index in [1.54, 1.807) is 6.07 Å². The molecule has 90 valence electrons. The lowest BCUT2D eigenvalue weighted by atomic mass is 10.2. The molecule has 2 aromatic rings. The normalized spacial score (nSPS) is 24.3. The van der Waals surface area contributed by atoms with Crippen molar-refractivity contribution in [3.8, 4) is 0 Å². The molecule has 1 aliphatic rings. The Labute approximate surface area is 98.9 Å². The third kappa shape index (κ3) is 1.93. The average molecular weight is 233 g/mol. The van der Waals surface area contributed by atoms with Crippen molar-refractivity contribution in [3.63, 3.8) is 0 Å². The van der Waals surface area contributed by atoms with Crippen LogP contribution in [0.4, 0.5) is 11.7 Å². The maximum atomic E-state index is 5.69. The molecule has 1 aromatic heterocycles. The Bertz CT molecular complexity index is 538. The molecule has 2 atom stereocenters. The summed E-state index contributed by atoms with van der Waals surface area (Å²) in [6, 6.07) is 6.25. The molecule has 3 N–H and O–H groups in total. The van der Waals surface area contributed by atoms with Crippen LogP contribution >= 0.6 is 0 Å². The molecule has 2 unspecified atom stereocenters. The summed E-state index contributed by atoms with van der Waals surface area (Å²) in [7, 11) is 0. The first kappa shape index (κ1) is 10.4. The van der Waals surface area contributed by atoms with Crippen LogP contribution in [-0.2, 0) is 4.74 Å². The van der Waals surface area contributed by atoms with Crippen LogP contribution in [0.5, 0.6) is 0 Å². The van der Waals surface area contributed by atoms with E-state index in [1.165, 1.54) is 0 Å². The van der Waals surface area contributed by atoms with E-state index in [0.717, 1.165) is 18.5 Å². The van der Waals surface area contributed by atoms with Crippen molar-refractivity contribution in [1.82, 2.24) is 4.98 Å². The molecular weight excluding hydrogens is 218 g/mol. The number of benzene rings is 1. The van der Waals surface area contributed by atoms with Crippen LogP contribution in [0.25, 0.3) is 11.1 Å². The second-order valence-corrected chi connectivity index (χ2v) is 4.36. The van der Waals surface area contributed by atoms with Gasteiger partial charge in [0.15, 0.2) is 5.58 Å². The number of nitrogens with two attached hydrogens (primary N) is 1. The standard InChI is InChI=1S/C12H15N3O2/c1-7-9(4-5-16-7)14-12-15-10-3-2-8(13)6-11(10)17-12/h2-3,6-7,9H,4-5,13H2,1H3,(H,14,15). The zero-order chi connectivity index (χ0) is 11.8. The summed E-state index contributed by atoms with van der Waals surface area (Å²) in [5, 5.41) is 3.26. The maximum Gasteiger partial charge on any atom is 0.295 e. The Morgan fingerprint density at radius 1 is 1.47 bits per heavy atom. The summed E-state index contributed by atoms with van der Waals surface area (Å²) in [5.41, 5.74) is 7.89. The van der Waals surface area contributed by atoms with Gasteiger partial charge in [0.25, 0.3) is 6.01 Å². The van der Waals surface area contributed by atoms with Gasteiger partial charge in [-0.3, -0.25) is 0 Å². The zero-order valence-electron chi connectivity index (χ0n) is 9.64. The van der Waals surface area contributed by atoms with Gasteiger partial charge in [-0.2, -0.15) is 4.98 Å². The third-order valence-electron chi connectivity index (χ3n) is 3.10. The Balaban J connectivity index is 1.85. The average Bonchev–Trinajstić information content (AvgIpc) is 2.85. The molecule has 3 rings (SSSR count). The van der Waals surface area contributed by atoms with Crippen molar-refractivity contribution >= 4 is 22.8 Å². The molecule has 5 heteroatoms. The highest BCUT2D eigenvalue weighted by Crippen LogP contribution is 2.24. The summed E-state index contributed by atoms with van der Waals surface area (Å²) in [6.07, 6.45) is 1.16. The topological polar surface area (TPSA) is 73.3 Å². The van der Waals surface area contributed by atoms with Crippen molar-refractivity contribution in [1.29, 1.82) is 0 Å². The number of nitrogen functional groups attached to an aromatic ring is 1. The molecule has 1 fully saturated rings. The number of hydrogen-bond acceptors (Lipinski definition) is 5. The highest BCUT2D eigenvalue weighted by molar-refractivity contribution is 5.78. The smallest absolute Gasteiger partial charge is 0.295 e. The molecule has 0 amide bonds. The molecule has 2 heterocycles. The van der Waals surface area contributed by atoms with Crippen LogP contribution in [0.3, 0.4) is 0 Å². The van der Waals surface area contributed by atoms with Crippen LogP contribution in [-0.4, -0.2) is 23.7 Å². The summed E-state index contributed by atoms with van der Waals surface area (Å²) in [6.45, 7) is 2.83. The van der Waals surface area contributed by atoms with E-state index >= 15 is 0 Å². The first-order valence-electron chi connectivity index (χ1n) is 5.76. The molecule has 17 heavy (non-hydrogen) atoms. The van der Waals surface area contributed by atoms with Crippen molar-refractivity contribution in [2.75, 3.05) is 17.7 Å².